The molecule has 0 radical (unpaired) electrons. The van der Waals surface area contributed by atoms with E-state index in [9.17, 15) is 9.59 Å². The van der Waals surface area contributed by atoms with Crippen molar-refractivity contribution >= 4 is 11.9 Å². The highest BCUT2D eigenvalue weighted by atomic mass is 16.5. The molecule has 170 valence electrons. The third kappa shape index (κ3) is 6.68. The molecule has 1 heterocycles. The highest BCUT2D eigenvalue weighted by molar-refractivity contribution is 5.94. The zero-order valence-electron chi connectivity index (χ0n) is 19.8. The zero-order chi connectivity index (χ0) is 23.0. The smallest absolute Gasteiger partial charge is 0.358 e. The van der Waals surface area contributed by atoms with Crippen molar-refractivity contribution in [3.05, 3.63) is 47.3 Å². The lowest BCUT2D eigenvalue weighted by Crippen LogP contribution is -2.29. The molecule has 2 aromatic rings. The summed E-state index contributed by atoms with van der Waals surface area (Å²) in [7, 11) is 0. The fourth-order valence-electron chi connectivity index (χ4n) is 3.45. The average molecular weight is 428 g/mol. The maximum absolute atomic E-state index is 12.6. The standard InChI is InChI=1S/C25H37N3O3/c1-7-10-11-18(8-2)17-26-23(29)19-12-14-20(15-13-19)28-22(25(4,5)6)16-21(27-28)24(30)31-9-3/h12-16,18H,7-11,17H2,1-6H3,(H,26,29)/t18-/m1/s1. The Labute approximate surface area is 186 Å². The number of nitrogens with one attached hydrogen (secondary N) is 1. The van der Waals surface area contributed by atoms with E-state index in [1.807, 2.05) is 12.1 Å². The van der Waals surface area contributed by atoms with Crippen molar-refractivity contribution in [1.82, 2.24) is 15.1 Å². The molecular weight excluding hydrogens is 390 g/mol. The molecule has 0 aliphatic rings. The average Bonchev–Trinajstić information content (AvgIpc) is 3.20. The van der Waals surface area contributed by atoms with Gasteiger partial charge in [-0.3, -0.25) is 4.79 Å². The lowest BCUT2D eigenvalue weighted by atomic mass is 9.91. The number of carbonyl (C=O) groups excluding carboxylic acids is 2. The van der Waals surface area contributed by atoms with E-state index in [0.29, 0.717) is 24.6 Å². The summed E-state index contributed by atoms with van der Waals surface area (Å²) in [5.74, 6) is 0.0180. The molecule has 0 saturated carbocycles. The Hall–Kier alpha value is -2.63. The number of esters is 1. The first-order chi connectivity index (χ1) is 14.7. The van der Waals surface area contributed by atoms with Gasteiger partial charge < -0.3 is 10.1 Å². The minimum Gasteiger partial charge on any atom is -0.461 e. The molecular formula is C25H37N3O3. The number of hydrogen-bond donors (Lipinski definition) is 1. The molecule has 6 heteroatoms. The summed E-state index contributed by atoms with van der Waals surface area (Å²) in [6.45, 7) is 13.3. The molecule has 2 rings (SSSR count). The van der Waals surface area contributed by atoms with E-state index in [0.717, 1.165) is 24.2 Å². The van der Waals surface area contributed by atoms with Crippen LogP contribution in [-0.2, 0) is 10.2 Å². The first-order valence-electron chi connectivity index (χ1n) is 11.4. The predicted octanol–water partition coefficient (Wildman–Crippen LogP) is 5.29. The van der Waals surface area contributed by atoms with Crippen LogP contribution in [0.3, 0.4) is 0 Å². The first kappa shape index (κ1) is 24.6. The maximum atomic E-state index is 12.6. The Kier molecular flexibility index (Phi) is 8.84. The normalized spacial score (nSPS) is 12.5. The van der Waals surface area contributed by atoms with Gasteiger partial charge in [0, 0.05) is 17.5 Å². The van der Waals surface area contributed by atoms with Crippen LogP contribution in [0.2, 0.25) is 0 Å². The van der Waals surface area contributed by atoms with Gasteiger partial charge in [0.15, 0.2) is 5.69 Å². The molecule has 1 N–H and O–H groups in total. The Bertz CT molecular complexity index is 863. The van der Waals surface area contributed by atoms with Crippen LogP contribution in [0.15, 0.2) is 30.3 Å². The van der Waals surface area contributed by atoms with Gasteiger partial charge in [0.2, 0.25) is 0 Å². The van der Waals surface area contributed by atoms with Gasteiger partial charge in [0.05, 0.1) is 18.0 Å². The van der Waals surface area contributed by atoms with Crippen LogP contribution in [0, 0.1) is 5.92 Å². The van der Waals surface area contributed by atoms with Crippen LogP contribution in [0.5, 0.6) is 0 Å². The Morgan fingerprint density at radius 1 is 1.13 bits per heavy atom. The maximum Gasteiger partial charge on any atom is 0.358 e. The number of aromatic nitrogens is 2. The molecule has 1 atom stereocenters. The molecule has 0 saturated heterocycles. The van der Waals surface area contributed by atoms with Crippen molar-refractivity contribution in [2.75, 3.05) is 13.2 Å². The number of benzene rings is 1. The molecule has 1 aromatic heterocycles. The summed E-state index contributed by atoms with van der Waals surface area (Å²) >= 11 is 0. The number of ether oxygens (including phenoxy) is 1. The molecule has 1 aromatic carbocycles. The Morgan fingerprint density at radius 2 is 1.81 bits per heavy atom. The molecule has 1 amide bonds. The Balaban J connectivity index is 2.19. The van der Waals surface area contributed by atoms with Crippen molar-refractivity contribution in [3.8, 4) is 5.69 Å². The molecule has 0 unspecified atom stereocenters. The van der Waals surface area contributed by atoms with E-state index in [1.54, 1.807) is 29.8 Å². The van der Waals surface area contributed by atoms with Crippen molar-refractivity contribution in [3.63, 3.8) is 0 Å². The van der Waals surface area contributed by atoms with Gasteiger partial charge in [-0.2, -0.15) is 5.10 Å². The molecule has 0 aliphatic carbocycles. The van der Waals surface area contributed by atoms with Gasteiger partial charge in [0.1, 0.15) is 0 Å². The Morgan fingerprint density at radius 3 is 2.35 bits per heavy atom. The quantitative estimate of drug-likeness (QED) is 0.523. The van der Waals surface area contributed by atoms with Gasteiger partial charge in [-0.15, -0.1) is 0 Å². The summed E-state index contributed by atoms with van der Waals surface area (Å²) in [5, 5.41) is 7.54. The third-order valence-corrected chi connectivity index (χ3v) is 5.43. The van der Waals surface area contributed by atoms with E-state index >= 15 is 0 Å². The minimum atomic E-state index is -0.434. The van der Waals surface area contributed by atoms with Gasteiger partial charge in [0.25, 0.3) is 5.91 Å². The second kappa shape index (κ2) is 11.1. The predicted molar refractivity (Wildman–Crippen MR) is 124 cm³/mol. The summed E-state index contributed by atoms with van der Waals surface area (Å²) < 4.78 is 6.86. The van der Waals surface area contributed by atoms with Gasteiger partial charge >= 0.3 is 5.97 Å². The molecule has 0 aliphatic heterocycles. The number of unbranched alkanes of at least 4 members (excludes halogenated alkanes) is 1. The second-order valence-electron chi connectivity index (χ2n) is 8.97. The van der Waals surface area contributed by atoms with Crippen molar-refractivity contribution in [2.45, 2.75) is 72.6 Å². The van der Waals surface area contributed by atoms with Gasteiger partial charge in [-0.05, 0) is 49.6 Å². The van der Waals surface area contributed by atoms with Crippen LogP contribution in [0.4, 0.5) is 0 Å². The number of carbonyl (C=O) groups is 2. The topological polar surface area (TPSA) is 73.2 Å². The van der Waals surface area contributed by atoms with Crippen molar-refractivity contribution in [1.29, 1.82) is 0 Å². The molecule has 6 nitrogen and oxygen atoms in total. The van der Waals surface area contributed by atoms with Crippen molar-refractivity contribution < 1.29 is 14.3 Å². The van der Waals surface area contributed by atoms with E-state index < -0.39 is 5.97 Å². The second-order valence-corrected chi connectivity index (χ2v) is 8.97. The number of hydrogen-bond acceptors (Lipinski definition) is 4. The number of amides is 1. The van der Waals surface area contributed by atoms with Gasteiger partial charge in [-0.25, -0.2) is 9.48 Å². The molecule has 0 bridgehead atoms. The minimum absolute atomic E-state index is 0.0646. The van der Waals surface area contributed by atoms with Crippen LogP contribution in [0.25, 0.3) is 5.69 Å². The van der Waals surface area contributed by atoms with E-state index in [2.05, 4.69) is 45.0 Å². The number of rotatable bonds is 10. The fourth-order valence-corrected chi connectivity index (χ4v) is 3.45. The summed E-state index contributed by atoms with van der Waals surface area (Å²) in [4.78, 5) is 24.8. The molecule has 0 fully saturated rings. The highest BCUT2D eigenvalue weighted by Crippen LogP contribution is 2.26. The third-order valence-electron chi connectivity index (χ3n) is 5.43. The summed E-state index contributed by atoms with van der Waals surface area (Å²) in [5.41, 5.74) is 2.37. The van der Waals surface area contributed by atoms with E-state index in [-0.39, 0.29) is 17.0 Å². The first-order valence-corrected chi connectivity index (χ1v) is 11.4. The lowest BCUT2D eigenvalue weighted by Gasteiger charge is -2.20. The summed E-state index contributed by atoms with van der Waals surface area (Å²) in [6.07, 6.45) is 4.57. The SMILES string of the molecule is CCCC[C@@H](CC)CNC(=O)c1ccc(-n2nc(C(=O)OCC)cc2C(C)(C)C)cc1. The monoisotopic (exact) mass is 427 g/mol. The van der Waals surface area contributed by atoms with Crippen LogP contribution < -0.4 is 5.32 Å². The highest BCUT2D eigenvalue weighted by Gasteiger charge is 2.25. The van der Waals surface area contributed by atoms with E-state index in [1.165, 1.54) is 12.8 Å². The lowest BCUT2D eigenvalue weighted by molar-refractivity contribution is 0.0518. The van der Waals surface area contributed by atoms with Crippen LogP contribution in [-0.4, -0.2) is 34.8 Å². The van der Waals surface area contributed by atoms with Crippen molar-refractivity contribution in [2.24, 2.45) is 5.92 Å². The van der Waals surface area contributed by atoms with Crippen LogP contribution in [0.1, 0.15) is 93.8 Å². The fraction of sp³-hybridized carbons (Fsp3) is 0.560. The molecule has 0 spiro atoms. The van der Waals surface area contributed by atoms with Crippen LogP contribution >= 0.6 is 0 Å². The van der Waals surface area contributed by atoms with Gasteiger partial charge in [-0.1, -0.05) is 53.9 Å². The summed E-state index contributed by atoms with van der Waals surface area (Å²) in [6, 6.07) is 9.10. The number of nitrogens with zero attached hydrogens (tertiary/aromatic N) is 2. The largest absolute Gasteiger partial charge is 0.461 e. The molecule has 31 heavy (non-hydrogen) atoms. The zero-order valence-corrected chi connectivity index (χ0v) is 19.8. The van der Waals surface area contributed by atoms with E-state index in [4.69, 9.17) is 4.74 Å².